The van der Waals surface area contributed by atoms with Crippen LogP contribution in [0.5, 0.6) is 5.75 Å². The van der Waals surface area contributed by atoms with Crippen molar-refractivity contribution < 1.29 is 9.53 Å². The topological polar surface area (TPSA) is 79.7 Å². The third-order valence-electron chi connectivity index (χ3n) is 6.29. The number of ether oxygens (including phenoxy) is 1. The summed E-state index contributed by atoms with van der Waals surface area (Å²) in [7, 11) is 0. The van der Waals surface area contributed by atoms with Crippen LogP contribution in [0, 0.1) is 0 Å². The molecular weight excluding hydrogens is 392 g/mol. The molecule has 1 amide bonds. The van der Waals surface area contributed by atoms with E-state index in [0.29, 0.717) is 43.0 Å². The molecule has 0 spiro atoms. The molecule has 1 fully saturated rings. The lowest BCUT2D eigenvalue weighted by molar-refractivity contribution is -0.136. The van der Waals surface area contributed by atoms with Crippen molar-refractivity contribution in [3.63, 3.8) is 0 Å². The number of fused-ring (bicyclic) bond motifs is 2. The molecule has 31 heavy (non-hydrogen) atoms. The Morgan fingerprint density at radius 1 is 1.32 bits per heavy atom. The van der Waals surface area contributed by atoms with E-state index < -0.39 is 0 Å². The predicted octanol–water partition coefficient (Wildman–Crippen LogP) is 2.63. The number of amides is 1. The highest BCUT2D eigenvalue weighted by Gasteiger charge is 2.27. The van der Waals surface area contributed by atoms with Gasteiger partial charge in [0.1, 0.15) is 11.1 Å². The fourth-order valence-electron chi connectivity index (χ4n) is 4.74. The Bertz CT molecular complexity index is 1110. The minimum atomic E-state index is -0.212. The summed E-state index contributed by atoms with van der Waals surface area (Å²) < 4.78 is 7.70. The van der Waals surface area contributed by atoms with Gasteiger partial charge in [-0.3, -0.25) is 14.6 Å². The summed E-state index contributed by atoms with van der Waals surface area (Å²) in [6.07, 6.45) is 7.20. The summed E-state index contributed by atoms with van der Waals surface area (Å²) in [4.78, 5) is 34.0. The summed E-state index contributed by atoms with van der Waals surface area (Å²) in [5, 5.41) is 0.405. The number of carbonyl (C=O) groups is 1. The van der Waals surface area contributed by atoms with Gasteiger partial charge < -0.3 is 14.2 Å². The van der Waals surface area contributed by atoms with Crippen LogP contribution in [0.4, 0.5) is 5.69 Å². The average molecular weight is 425 g/mol. The fourth-order valence-corrected chi connectivity index (χ4v) is 4.74. The molecule has 0 radical (unpaired) electrons. The van der Waals surface area contributed by atoms with E-state index in [0.717, 1.165) is 29.8 Å². The molecule has 1 aliphatic heterocycles. The summed E-state index contributed by atoms with van der Waals surface area (Å²) in [6, 6.07) is 6.38. The van der Waals surface area contributed by atoms with E-state index >= 15 is 0 Å². The number of rotatable bonds is 7. The van der Waals surface area contributed by atoms with Crippen molar-refractivity contribution in [2.45, 2.75) is 77.4 Å². The maximum atomic E-state index is 12.9. The van der Waals surface area contributed by atoms with Crippen LogP contribution in [0.2, 0.25) is 0 Å². The molecule has 1 saturated carbocycles. The SMILES string of the molecule is C=c1c(=O)[nH]c2n1Cc1cc(OCCCC(=O)N(C(C)C)C3CCCCC3)ccc1N=2. The van der Waals surface area contributed by atoms with E-state index in [1.165, 1.54) is 19.3 Å². The van der Waals surface area contributed by atoms with Crippen molar-refractivity contribution >= 4 is 18.2 Å². The van der Waals surface area contributed by atoms with Crippen LogP contribution in [0.1, 0.15) is 64.4 Å². The van der Waals surface area contributed by atoms with Crippen molar-refractivity contribution in [2.75, 3.05) is 6.61 Å². The van der Waals surface area contributed by atoms with Gasteiger partial charge in [0.05, 0.1) is 18.8 Å². The van der Waals surface area contributed by atoms with Gasteiger partial charge in [0.25, 0.3) is 5.56 Å². The number of aromatic amines is 1. The van der Waals surface area contributed by atoms with Gasteiger partial charge >= 0.3 is 0 Å². The summed E-state index contributed by atoms with van der Waals surface area (Å²) in [5.41, 5.74) is 2.13. The van der Waals surface area contributed by atoms with Crippen molar-refractivity contribution in [3.8, 4) is 5.75 Å². The first kappa shape index (κ1) is 21.4. The molecule has 2 aliphatic rings. The number of aromatic nitrogens is 2. The van der Waals surface area contributed by atoms with Crippen LogP contribution >= 0.6 is 0 Å². The molecule has 1 aliphatic carbocycles. The second-order valence-corrected chi connectivity index (χ2v) is 8.85. The minimum absolute atomic E-state index is 0.212. The largest absolute Gasteiger partial charge is 0.494 e. The molecule has 2 heterocycles. The first-order valence-corrected chi connectivity index (χ1v) is 11.4. The maximum absolute atomic E-state index is 12.9. The molecule has 7 heteroatoms. The molecule has 0 saturated heterocycles. The highest BCUT2D eigenvalue weighted by atomic mass is 16.5. The Kier molecular flexibility index (Phi) is 6.30. The average Bonchev–Trinajstić information content (AvgIpc) is 3.03. The summed E-state index contributed by atoms with van der Waals surface area (Å²) >= 11 is 0. The lowest BCUT2D eigenvalue weighted by atomic mass is 9.93. The zero-order chi connectivity index (χ0) is 22.0. The predicted molar refractivity (Wildman–Crippen MR) is 120 cm³/mol. The monoisotopic (exact) mass is 424 g/mol. The van der Waals surface area contributed by atoms with E-state index in [1.54, 1.807) is 4.57 Å². The summed E-state index contributed by atoms with van der Waals surface area (Å²) in [5.74, 6) is 0.990. The molecule has 1 aromatic carbocycles. The number of H-pyrrole nitrogens is 1. The number of carbonyl (C=O) groups excluding carboxylic acids is 1. The Balaban J connectivity index is 1.32. The first-order chi connectivity index (χ1) is 14.9. The van der Waals surface area contributed by atoms with E-state index in [4.69, 9.17) is 4.74 Å². The second kappa shape index (κ2) is 9.12. The standard InChI is InChI=1S/C24H32N4O3/c1-16(2)28(19-8-5-4-6-9-19)22(29)10-7-13-31-20-11-12-21-18(14-20)15-27-17(3)23(30)26-24(27)25-21/h11-12,14,16,19H,3-10,13,15H2,1-2H3,(H,25,26,30). The van der Waals surface area contributed by atoms with Gasteiger partial charge in [0, 0.05) is 24.1 Å². The van der Waals surface area contributed by atoms with E-state index in [-0.39, 0.29) is 17.5 Å². The van der Waals surface area contributed by atoms with Gasteiger partial charge in [-0.25, -0.2) is 4.99 Å². The molecule has 4 rings (SSSR count). The van der Waals surface area contributed by atoms with Crippen LogP contribution in [-0.2, 0) is 11.3 Å². The van der Waals surface area contributed by atoms with E-state index in [9.17, 15) is 9.59 Å². The summed E-state index contributed by atoms with van der Waals surface area (Å²) in [6.45, 7) is 9.07. The number of nitrogens with one attached hydrogen (secondary N) is 1. The number of benzene rings is 1. The minimum Gasteiger partial charge on any atom is -0.494 e. The normalized spacial score (nSPS) is 15.8. The molecule has 0 atom stereocenters. The van der Waals surface area contributed by atoms with Gasteiger partial charge in [0.2, 0.25) is 11.5 Å². The smallest absolute Gasteiger partial charge is 0.274 e. The highest BCUT2D eigenvalue weighted by Crippen LogP contribution is 2.27. The van der Waals surface area contributed by atoms with Crippen LogP contribution < -0.4 is 21.3 Å². The zero-order valence-corrected chi connectivity index (χ0v) is 18.5. The van der Waals surface area contributed by atoms with Crippen molar-refractivity contribution in [3.05, 3.63) is 45.1 Å². The molecular formula is C24H32N4O3. The molecule has 166 valence electrons. The highest BCUT2D eigenvalue weighted by molar-refractivity contribution is 5.76. The van der Waals surface area contributed by atoms with Crippen molar-refractivity contribution in [1.29, 1.82) is 0 Å². The first-order valence-electron chi connectivity index (χ1n) is 11.4. The number of hydrogen-bond donors (Lipinski definition) is 1. The van der Waals surface area contributed by atoms with Gasteiger partial charge in [-0.05, 0) is 51.3 Å². The van der Waals surface area contributed by atoms with Crippen LogP contribution in [0.15, 0.2) is 28.0 Å². The van der Waals surface area contributed by atoms with Crippen LogP contribution in [0.25, 0.3) is 6.58 Å². The van der Waals surface area contributed by atoms with Crippen LogP contribution in [0.3, 0.4) is 0 Å². The van der Waals surface area contributed by atoms with Crippen molar-refractivity contribution in [2.24, 2.45) is 4.99 Å². The fraction of sp³-hybridized carbons (Fsp3) is 0.542. The Morgan fingerprint density at radius 2 is 2.10 bits per heavy atom. The second-order valence-electron chi connectivity index (χ2n) is 8.85. The maximum Gasteiger partial charge on any atom is 0.274 e. The zero-order valence-electron chi connectivity index (χ0n) is 18.5. The molecule has 7 nitrogen and oxygen atoms in total. The van der Waals surface area contributed by atoms with E-state index in [1.807, 2.05) is 18.2 Å². The van der Waals surface area contributed by atoms with Crippen molar-refractivity contribution in [1.82, 2.24) is 14.5 Å². The Morgan fingerprint density at radius 3 is 2.84 bits per heavy atom. The molecule has 0 unspecified atom stereocenters. The molecule has 0 bridgehead atoms. The lowest BCUT2D eigenvalue weighted by Crippen LogP contribution is -2.45. The molecule has 1 aromatic heterocycles. The van der Waals surface area contributed by atoms with Gasteiger partial charge in [-0.1, -0.05) is 25.8 Å². The third-order valence-corrected chi connectivity index (χ3v) is 6.29. The Hall–Kier alpha value is -2.83. The quantitative estimate of drug-likeness (QED) is 0.592. The lowest BCUT2D eigenvalue weighted by Gasteiger charge is -2.37. The van der Waals surface area contributed by atoms with Gasteiger partial charge in [-0.2, -0.15) is 0 Å². The van der Waals surface area contributed by atoms with Crippen LogP contribution in [-0.4, -0.2) is 39.0 Å². The Labute approximate surface area is 182 Å². The van der Waals surface area contributed by atoms with E-state index in [2.05, 4.69) is 35.3 Å². The number of imidazole rings is 1. The third kappa shape index (κ3) is 4.60. The van der Waals surface area contributed by atoms with Gasteiger partial charge in [-0.15, -0.1) is 0 Å². The van der Waals surface area contributed by atoms with Gasteiger partial charge in [0.15, 0.2) is 0 Å². The molecule has 2 aromatic rings. The molecule has 1 N–H and O–H groups in total. The number of nitrogens with zero attached hydrogens (tertiary/aromatic N) is 3. The number of hydrogen-bond acceptors (Lipinski definition) is 4.